The predicted molar refractivity (Wildman–Crippen MR) is 100 cm³/mol. The summed E-state index contributed by atoms with van der Waals surface area (Å²) in [6, 6.07) is 13.4. The minimum Gasteiger partial charge on any atom is -0.481 e. The Balaban J connectivity index is 1.77. The second-order valence-electron chi connectivity index (χ2n) is 6.38. The maximum absolute atomic E-state index is 11.9. The highest BCUT2D eigenvalue weighted by Gasteiger charge is 2.13. The average molecular weight is 355 g/mol. The van der Waals surface area contributed by atoms with E-state index < -0.39 is 5.97 Å². The van der Waals surface area contributed by atoms with Crippen LogP contribution in [0.4, 0.5) is 0 Å². The molecule has 0 unspecified atom stereocenters. The number of hydrogen-bond acceptors (Lipinski definition) is 4. The summed E-state index contributed by atoms with van der Waals surface area (Å²) in [6.07, 6.45) is 0. The van der Waals surface area contributed by atoms with Gasteiger partial charge in [0.1, 0.15) is 5.75 Å². The lowest BCUT2D eigenvalue weighted by Crippen LogP contribution is -2.32. The van der Waals surface area contributed by atoms with Gasteiger partial charge in [0.15, 0.2) is 13.2 Å². The fourth-order valence-electron chi connectivity index (χ4n) is 2.82. The van der Waals surface area contributed by atoms with Crippen molar-refractivity contribution in [1.29, 1.82) is 0 Å². The predicted octanol–water partition coefficient (Wildman–Crippen LogP) is 3.41. The van der Waals surface area contributed by atoms with Crippen LogP contribution >= 0.6 is 0 Å². The van der Waals surface area contributed by atoms with Crippen LogP contribution in [-0.2, 0) is 14.3 Å². The van der Waals surface area contributed by atoms with Gasteiger partial charge in [0, 0.05) is 0 Å². The SMILES string of the molecule is Cc1cc(C)c(OCC(=O)OCC(=O)N[C@@H](C)c2ccccc2)c(C)c1. The van der Waals surface area contributed by atoms with Crippen molar-refractivity contribution in [3.05, 3.63) is 64.7 Å². The van der Waals surface area contributed by atoms with Crippen molar-refractivity contribution in [1.82, 2.24) is 5.32 Å². The third-order valence-corrected chi connectivity index (χ3v) is 3.98. The lowest BCUT2D eigenvalue weighted by Gasteiger charge is -2.15. The molecular weight excluding hydrogens is 330 g/mol. The molecule has 5 nitrogen and oxygen atoms in total. The minimum atomic E-state index is -0.577. The van der Waals surface area contributed by atoms with Crippen LogP contribution in [0.1, 0.15) is 35.2 Å². The second kappa shape index (κ2) is 9.04. The summed E-state index contributed by atoms with van der Waals surface area (Å²) in [4.78, 5) is 23.8. The lowest BCUT2D eigenvalue weighted by atomic mass is 10.1. The zero-order chi connectivity index (χ0) is 19.1. The van der Waals surface area contributed by atoms with Gasteiger partial charge in [-0.05, 0) is 44.4 Å². The van der Waals surface area contributed by atoms with Crippen molar-refractivity contribution >= 4 is 11.9 Å². The number of carbonyl (C=O) groups excluding carboxylic acids is 2. The summed E-state index contributed by atoms with van der Waals surface area (Å²) >= 11 is 0. The highest BCUT2D eigenvalue weighted by molar-refractivity contribution is 5.81. The first-order chi connectivity index (χ1) is 12.4. The topological polar surface area (TPSA) is 64.6 Å². The van der Waals surface area contributed by atoms with E-state index in [-0.39, 0.29) is 25.2 Å². The van der Waals surface area contributed by atoms with Gasteiger partial charge in [-0.3, -0.25) is 4.79 Å². The molecule has 1 atom stereocenters. The smallest absolute Gasteiger partial charge is 0.344 e. The van der Waals surface area contributed by atoms with E-state index in [0.717, 1.165) is 22.3 Å². The number of hydrogen-bond donors (Lipinski definition) is 1. The normalized spacial score (nSPS) is 11.5. The molecule has 0 aromatic heterocycles. The van der Waals surface area contributed by atoms with Crippen LogP contribution in [-0.4, -0.2) is 25.1 Å². The quantitative estimate of drug-likeness (QED) is 0.773. The van der Waals surface area contributed by atoms with Crippen LogP contribution in [0.3, 0.4) is 0 Å². The van der Waals surface area contributed by atoms with E-state index in [2.05, 4.69) is 5.32 Å². The van der Waals surface area contributed by atoms with Crippen molar-refractivity contribution in [2.45, 2.75) is 33.7 Å². The molecule has 26 heavy (non-hydrogen) atoms. The molecule has 0 saturated carbocycles. The number of amides is 1. The van der Waals surface area contributed by atoms with Gasteiger partial charge in [-0.1, -0.05) is 48.0 Å². The molecule has 0 saturated heterocycles. The van der Waals surface area contributed by atoms with Gasteiger partial charge in [-0.2, -0.15) is 0 Å². The molecule has 1 N–H and O–H groups in total. The van der Waals surface area contributed by atoms with Crippen molar-refractivity contribution in [3.8, 4) is 5.75 Å². The largest absolute Gasteiger partial charge is 0.481 e. The van der Waals surface area contributed by atoms with Crippen LogP contribution in [0.15, 0.2) is 42.5 Å². The standard InChI is InChI=1S/C21H25NO4/c1-14-10-15(2)21(16(3)11-14)26-13-20(24)25-12-19(23)22-17(4)18-8-6-5-7-9-18/h5-11,17H,12-13H2,1-4H3,(H,22,23)/t17-/m0/s1. The van der Waals surface area contributed by atoms with Gasteiger partial charge < -0.3 is 14.8 Å². The number of nitrogens with one attached hydrogen (secondary N) is 1. The summed E-state index contributed by atoms with van der Waals surface area (Å²) in [6.45, 7) is 7.18. The molecule has 0 spiro atoms. The van der Waals surface area contributed by atoms with Gasteiger partial charge in [-0.15, -0.1) is 0 Å². The third-order valence-electron chi connectivity index (χ3n) is 3.98. The van der Waals surface area contributed by atoms with Crippen LogP contribution in [0, 0.1) is 20.8 Å². The molecule has 0 bridgehead atoms. The zero-order valence-electron chi connectivity index (χ0n) is 15.7. The Morgan fingerprint density at radius 3 is 2.23 bits per heavy atom. The van der Waals surface area contributed by atoms with E-state index >= 15 is 0 Å². The van der Waals surface area contributed by atoms with E-state index in [1.54, 1.807) is 0 Å². The van der Waals surface area contributed by atoms with E-state index in [0.29, 0.717) is 5.75 Å². The molecule has 138 valence electrons. The first-order valence-corrected chi connectivity index (χ1v) is 8.57. The molecule has 0 aliphatic rings. The first kappa shape index (κ1) is 19.5. The molecular formula is C21H25NO4. The summed E-state index contributed by atoms with van der Waals surface area (Å²) in [5.41, 5.74) is 4.05. The number of aryl methyl sites for hydroxylation is 3. The van der Waals surface area contributed by atoms with Crippen molar-refractivity contribution in [2.24, 2.45) is 0 Å². The molecule has 0 radical (unpaired) electrons. The fraction of sp³-hybridized carbons (Fsp3) is 0.333. The minimum absolute atomic E-state index is 0.156. The fourth-order valence-corrected chi connectivity index (χ4v) is 2.82. The van der Waals surface area contributed by atoms with Crippen molar-refractivity contribution in [3.63, 3.8) is 0 Å². The Labute approximate surface area is 154 Å². The Morgan fingerprint density at radius 1 is 1.00 bits per heavy atom. The summed E-state index contributed by atoms with van der Waals surface area (Å²) in [7, 11) is 0. The Kier molecular flexibility index (Phi) is 6.78. The van der Waals surface area contributed by atoms with Gasteiger partial charge in [-0.25, -0.2) is 4.79 Å². The summed E-state index contributed by atoms with van der Waals surface area (Å²) in [5, 5.41) is 2.79. The highest BCUT2D eigenvalue weighted by Crippen LogP contribution is 2.24. The van der Waals surface area contributed by atoms with Gasteiger partial charge in [0.2, 0.25) is 0 Å². The number of rotatable bonds is 7. The van der Waals surface area contributed by atoms with Crippen LogP contribution < -0.4 is 10.1 Å². The highest BCUT2D eigenvalue weighted by atomic mass is 16.6. The maximum Gasteiger partial charge on any atom is 0.344 e. The Hall–Kier alpha value is -2.82. The first-order valence-electron chi connectivity index (χ1n) is 8.57. The Bertz CT molecular complexity index is 748. The van der Waals surface area contributed by atoms with Crippen molar-refractivity contribution < 1.29 is 19.1 Å². The van der Waals surface area contributed by atoms with Crippen LogP contribution in [0.2, 0.25) is 0 Å². The maximum atomic E-state index is 11.9. The molecule has 2 aromatic carbocycles. The molecule has 0 heterocycles. The third kappa shape index (κ3) is 5.62. The molecule has 2 aromatic rings. The number of ether oxygens (including phenoxy) is 2. The molecule has 1 amide bonds. The van der Waals surface area contributed by atoms with Crippen LogP contribution in [0.5, 0.6) is 5.75 Å². The lowest BCUT2D eigenvalue weighted by molar-refractivity contribution is -0.150. The van der Waals surface area contributed by atoms with Gasteiger partial charge in [0.05, 0.1) is 6.04 Å². The van der Waals surface area contributed by atoms with Crippen molar-refractivity contribution in [2.75, 3.05) is 13.2 Å². The van der Waals surface area contributed by atoms with Crippen LogP contribution in [0.25, 0.3) is 0 Å². The Morgan fingerprint density at radius 2 is 1.62 bits per heavy atom. The van der Waals surface area contributed by atoms with Gasteiger partial charge >= 0.3 is 5.97 Å². The zero-order valence-corrected chi connectivity index (χ0v) is 15.7. The van der Waals surface area contributed by atoms with E-state index in [1.165, 1.54) is 0 Å². The van der Waals surface area contributed by atoms with Gasteiger partial charge in [0.25, 0.3) is 5.91 Å². The summed E-state index contributed by atoms with van der Waals surface area (Å²) in [5.74, 6) is -0.251. The second-order valence-corrected chi connectivity index (χ2v) is 6.38. The average Bonchev–Trinajstić information content (AvgIpc) is 2.59. The van der Waals surface area contributed by atoms with E-state index in [4.69, 9.17) is 9.47 Å². The molecule has 2 rings (SSSR count). The molecule has 0 aliphatic heterocycles. The number of benzene rings is 2. The summed E-state index contributed by atoms with van der Waals surface area (Å²) < 4.78 is 10.6. The molecule has 5 heteroatoms. The molecule has 0 aliphatic carbocycles. The number of carbonyl (C=O) groups is 2. The van der Waals surface area contributed by atoms with E-state index in [9.17, 15) is 9.59 Å². The number of esters is 1. The molecule has 0 fully saturated rings. The van der Waals surface area contributed by atoms with E-state index in [1.807, 2.05) is 70.2 Å². The monoisotopic (exact) mass is 355 g/mol.